The molecule has 1 heterocycles. The van der Waals surface area contributed by atoms with Crippen molar-refractivity contribution in [2.45, 2.75) is 25.9 Å². The average molecular weight is 412 g/mol. The predicted molar refractivity (Wildman–Crippen MR) is 108 cm³/mol. The average Bonchev–Trinajstić information content (AvgIpc) is 3.23. The number of amides is 2. The summed E-state index contributed by atoms with van der Waals surface area (Å²) in [5, 5.41) is 9.60. The molecule has 3 rings (SSSR count). The van der Waals surface area contributed by atoms with Crippen molar-refractivity contribution in [3.05, 3.63) is 89.2 Å². The van der Waals surface area contributed by atoms with Crippen LogP contribution in [0.25, 0.3) is 0 Å². The van der Waals surface area contributed by atoms with Gasteiger partial charge in [0.15, 0.2) is 0 Å². The van der Waals surface area contributed by atoms with Crippen LogP contribution in [0, 0.1) is 11.6 Å². The normalized spacial score (nSPS) is 10.6. The van der Waals surface area contributed by atoms with Gasteiger partial charge in [0, 0.05) is 38.0 Å². The molecule has 1 aromatic heterocycles. The Balaban J connectivity index is 1.41. The van der Waals surface area contributed by atoms with Crippen LogP contribution in [0.15, 0.2) is 60.9 Å². The lowest BCUT2D eigenvalue weighted by Gasteiger charge is -2.11. The van der Waals surface area contributed by atoms with Crippen LogP contribution >= 0.6 is 0 Å². The first-order valence-corrected chi connectivity index (χ1v) is 9.57. The van der Waals surface area contributed by atoms with Gasteiger partial charge in [0.2, 0.25) is 5.91 Å². The van der Waals surface area contributed by atoms with Crippen LogP contribution in [0.5, 0.6) is 0 Å². The molecule has 2 amide bonds. The topological polar surface area (TPSA) is 76.0 Å². The zero-order valence-electron chi connectivity index (χ0n) is 16.3. The Kier molecular flexibility index (Phi) is 7.26. The summed E-state index contributed by atoms with van der Waals surface area (Å²) < 4.78 is 28.3. The SMILES string of the molecule is O=C(CCCNC(=O)c1ccc(F)cc1F)NCc1ccccc1Cn1cccn1. The highest BCUT2D eigenvalue weighted by molar-refractivity contribution is 5.94. The van der Waals surface area contributed by atoms with E-state index in [1.165, 1.54) is 0 Å². The van der Waals surface area contributed by atoms with E-state index in [9.17, 15) is 18.4 Å². The molecule has 2 N–H and O–H groups in total. The van der Waals surface area contributed by atoms with Crippen LogP contribution in [0.4, 0.5) is 8.78 Å². The van der Waals surface area contributed by atoms with E-state index in [1.807, 2.05) is 41.2 Å². The summed E-state index contributed by atoms with van der Waals surface area (Å²) in [4.78, 5) is 24.0. The molecule has 0 aliphatic carbocycles. The fraction of sp³-hybridized carbons (Fsp3) is 0.227. The molecule has 0 fully saturated rings. The summed E-state index contributed by atoms with van der Waals surface area (Å²) in [6.45, 7) is 1.22. The molecule has 0 radical (unpaired) electrons. The first kappa shape index (κ1) is 21.2. The number of rotatable bonds is 9. The van der Waals surface area contributed by atoms with Gasteiger partial charge in [-0.2, -0.15) is 5.10 Å². The van der Waals surface area contributed by atoms with Crippen molar-refractivity contribution in [2.24, 2.45) is 0 Å². The van der Waals surface area contributed by atoms with Gasteiger partial charge in [-0.1, -0.05) is 24.3 Å². The molecular weight excluding hydrogens is 390 g/mol. The minimum atomic E-state index is -0.918. The highest BCUT2D eigenvalue weighted by Gasteiger charge is 2.12. The fourth-order valence-electron chi connectivity index (χ4n) is 2.95. The first-order valence-electron chi connectivity index (χ1n) is 9.57. The number of carbonyl (C=O) groups excluding carboxylic acids is 2. The maximum absolute atomic E-state index is 13.6. The molecule has 156 valence electrons. The molecule has 6 nitrogen and oxygen atoms in total. The van der Waals surface area contributed by atoms with Crippen LogP contribution in [0.3, 0.4) is 0 Å². The van der Waals surface area contributed by atoms with Gasteiger partial charge in [-0.3, -0.25) is 14.3 Å². The van der Waals surface area contributed by atoms with Gasteiger partial charge < -0.3 is 10.6 Å². The maximum atomic E-state index is 13.6. The number of carbonyl (C=O) groups is 2. The summed E-state index contributed by atoms with van der Waals surface area (Å²) in [7, 11) is 0. The Morgan fingerprint density at radius 3 is 2.53 bits per heavy atom. The van der Waals surface area contributed by atoms with E-state index in [-0.39, 0.29) is 24.4 Å². The summed E-state index contributed by atoms with van der Waals surface area (Å²) >= 11 is 0. The van der Waals surface area contributed by atoms with Gasteiger partial charge in [0.05, 0.1) is 12.1 Å². The molecule has 0 aliphatic heterocycles. The third-order valence-corrected chi connectivity index (χ3v) is 4.53. The first-order chi connectivity index (χ1) is 14.5. The molecule has 2 aromatic carbocycles. The third-order valence-electron chi connectivity index (χ3n) is 4.53. The van der Waals surface area contributed by atoms with Crippen molar-refractivity contribution in [3.8, 4) is 0 Å². The van der Waals surface area contributed by atoms with Gasteiger partial charge in [-0.25, -0.2) is 8.78 Å². The number of nitrogens with zero attached hydrogens (tertiary/aromatic N) is 2. The highest BCUT2D eigenvalue weighted by atomic mass is 19.1. The van der Waals surface area contributed by atoms with E-state index in [4.69, 9.17) is 0 Å². The fourth-order valence-corrected chi connectivity index (χ4v) is 2.95. The standard InChI is InChI=1S/C22H22F2N4O2/c23-18-8-9-19(20(24)13-18)22(30)25-10-3-7-21(29)26-14-16-5-1-2-6-17(16)15-28-12-4-11-27-28/h1-2,4-6,8-9,11-13H,3,7,10,14-15H2,(H,25,30)(H,26,29). The number of hydrogen-bond donors (Lipinski definition) is 2. The van der Waals surface area contributed by atoms with Crippen LogP contribution in [0.2, 0.25) is 0 Å². The van der Waals surface area contributed by atoms with Crippen molar-refractivity contribution < 1.29 is 18.4 Å². The number of aromatic nitrogens is 2. The van der Waals surface area contributed by atoms with E-state index in [1.54, 1.807) is 6.20 Å². The lowest BCUT2D eigenvalue weighted by molar-refractivity contribution is -0.121. The molecular formula is C22H22F2N4O2. The second-order valence-electron chi connectivity index (χ2n) is 6.73. The largest absolute Gasteiger partial charge is 0.352 e. The number of benzene rings is 2. The van der Waals surface area contributed by atoms with E-state index < -0.39 is 17.5 Å². The summed E-state index contributed by atoms with van der Waals surface area (Å²) in [5.41, 5.74) is 1.84. The second-order valence-corrected chi connectivity index (χ2v) is 6.73. The van der Waals surface area contributed by atoms with Gasteiger partial charge in [0.25, 0.3) is 5.91 Å². The van der Waals surface area contributed by atoms with Crippen LogP contribution < -0.4 is 10.6 Å². The minimum absolute atomic E-state index is 0.147. The van der Waals surface area contributed by atoms with E-state index in [2.05, 4.69) is 15.7 Å². The summed E-state index contributed by atoms with van der Waals surface area (Å²) in [5.74, 6) is -2.45. The molecule has 0 bridgehead atoms. The Morgan fingerprint density at radius 1 is 1.00 bits per heavy atom. The lowest BCUT2D eigenvalue weighted by atomic mass is 10.1. The van der Waals surface area contributed by atoms with Crippen LogP contribution in [-0.2, 0) is 17.9 Å². The molecule has 0 saturated heterocycles. The summed E-state index contributed by atoms with van der Waals surface area (Å²) in [6.07, 6.45) is 4.21. The van der Waals surface area contributed by atoms with E-state index in [0.29, 0.717) is 25.6 Å². The monoisotopic (exact) mass is 412 g/mol. The lowest BCUT2D eigenvalue weighted by Crippen LogP contribution is -2.28. The van der Waals surface area contributed by atoms with Gasteiger partial charge in [-0.15, -0.1) is 0 Å². The van der Waals surface area contributed by atoms with E-state index >= 15 is 0 Å². The zero-order valence-corrected chi connectivity index (χ0v) is 16.3. The minimum Gasteiger partial charge on any atom is -0.352 e. The van der Waals surface area contributed by atoms with Crippen molar-refractivity contribution in [3.63, 3.8) is 0 Å². The molecule has 3 aromatic rings. The molecule has 0 aliphatic rings. The highest BCUT2D eigenvalue weighted by Crippen LogP contribution is 2.11. The Morgan fingerprint density at radius 2 is 1.80 bits per heavy atom. The molecule has 0 saturated carbocycles. The van der Waals surface area contributed by atoms with Crippen molar-refractivity contribution >= 4 is 11.8 Å². The third kappa shape index (κ3) is 5.97. The Hall–Kier alpha value is -3.55. The summed E-state index contributed by atoms with van der Waals surface area (Å²) in [6, 6.07) is 12.4. The van der Waals surface area contributed by atoms with Gasteiger partial charge >= 0.3 is 0 Å². The molecule has 0 unspecified atom stereocenters. The van der Waals surface area contributed by atoms with Crippen molar-refractivity contribution in [1.29, 1.82) is 0 Å². The predicted octanol–water partition coefficient (Wildman–Crippen LogP) is 3.04. The molecule has 30 heavy (non-hydrogen) atoms. The van der Waals surface area contributed by atoms with Gasteiger partial charge in [0.1, 0.15) is 11.6 Å². The van der Waals surface area contributed by atoms with Crippen LogP contribution in [-0.4, -0.2) is 28.1 Å². The second kappa shape index (κ2) is 10.3. The number of hydrogen-bond acceptors (Lipinski definition) is 3. The quantitative estimate of drug-likeness (QED) is 0.531. The Bertz CT molecular complexity index is 1010. The zero-order chi connectivity index (χ0) is 21.3. The van der Waals surface area contributed by atoms with E-state index in [0.717, 1.165) is 23.3 Å². The number of nitrogens with one attached hydrogen (secondary N) is 2. The van der Waals surface area contributed by atoms with Crippen molar-refractivity contribution in [2.75, 3.05) is 6.54 Å². The van der Waals surface area contributed by atoms with Gasteiger partial charge in [-0.05, 0) is 35.7 Å². The van der Waals surface area contributed by atoms with Crippen molar-refractivity contribution in [1.82, 2.24) is 20.4 Å². The smallest absolute Gasteiger partial charge is 0.254 e. The van der Waals surface area contributed by atoms with Crippen LogP contribution in [0.1, 0.15) is 34.3 Å². The maximum Gasteiger partial charge on any atom is 0.254 e. The molecule has 8 heteroatoms. The molecule has 0 atom stereocenters. The molecule has 0 spiro atoms. The number of halogens is 2. The Labute approximate surface area is 172 Å².